The van der Waals surface area contributed by atoms with Crippen LogP contribution in [0.3, 0.4) is 0 Å². The maximum atomic E-state index is 13.5. The molecule has 2 aromatic carbocycles. The van der Waals surface area contributed by atoms with E-state index < -0.39 is 5.82 Å². The van der Waals surface area contributed by atoms with Crippen LogP contribution in [-0.2, 0) is 6.54 Å². The van der Waals surface area contributed by atoms with E-state index in [-0.39, 0.29) is 17.0 Å². The van der Waals surface area contributed by atoms with Crippen molar-refractivity contribution in [3.63, 3.8) is 0 Å². The highest BCUT2D eigenvalue weighted by atomic mass is 35.5. The van der Waals surface area contributed by atoms with Gasteiger partial charge in [0.15, 0.2) is 0 Å². The third-order valence-corrected chi connectivity index (χ3v) is 6.40. The molecule has 1 fully saturated rings. The van der Waals surface area contributed by atoms with E-state index in [0.717, 1.165) is 43.6 Å². The molecule has 0 bridgehead atoms. The summed E-state index contributed by atoms with van der Waals surface area (Å²) in [5.74, 6) is -0.611. The van der Waals surface area contributed by atoms with Crippen LogP contribution in [0.15, 0.2) is 73.1 Å². The molecule has 0 unspecified atom stereocenters. The van der Waals surface area contributed by atoms with Crippen LogP contribution in [-0.4, -0.2) is 39.3 Å². The number of amides is 1. The fourth-order valence-corrected chi connectivity index (χ4v) is 4.46. The fourth-order valence-electron chi connectivity index (χ4n) is 4.28. The summed E-state index contributed by atoms with van der Waals surface area (Å²) in [6.45, 7) is 2.85. The van der Waals surface area contributed by atoms with E-state index in [4.69, 9.17) is 11.6 Å². The summed E-state index contributed by atoms with van der Waals surface area (Å²) in [6.07, 6.45) is 5.43. The second kappa shape index (κ2) is 9.33. The van der Waals surface area contributed by atoms with Gasteiger partial charge < -0.3 is 9.72 Å². The van der Waals surface area contributed by atoms with Gasteiger partial charge in [-0.3, -0.25) is 9.69 Å². The van der Waals surface area contributed by atoms with E-state index in [1.807, 2.05) is 28.8 Å². The van der Waals surface area contributed by atoms with Crippen molar-refractivity contribution in [3.05, 3.63) is 95.2 Å². The number of carbonyl (C=O) groups is 1. The van der Waals surface area contributed by atoms with Crippen molar-refractivity contribution in [2.24, 2.45) is 0 Å². The Morgan fingerprint density at radius 2 is 1.79 bits per heavy atom. The number of carbonyl (C=O) groups excluding carboxylic acids is 1. The van der Waals surface area contributed by atoms with Crippen LogP contribution >= 0.6 is 11.6 Å². The molecule has 1 N–H and O–H groups in total. The molecular formula is C26H24ClFN4O. The zero-order valence-corrected chi connectivity index (χ0v) is 18.8. The van der Waals surface area contributed by atoms with Crippen LogP contribution < -0.4 is 5.32 Å². The average molecular weight is 463 g/mol. The molecular weight excluding hydrogens is 439 g/mol. The molecule has 1 aliphatic rings. The van der Waals surface area contributed by atoms with Gasteiger partial charge >= 0.3 is 0 Å². The van der Waals surface area contributed by atoms with Gasteiger partial charge in [0.25, 0.3) is 5.91 Å². The summed E-state index contributed by atoms with van der Waals surface area (Å²) in [7, 11) is 0. The summed E-state index contributed by atoms with van der Waals surface area (Å²) in [5, 5.41) is 3.22. The molecule has 1 amide bonds. The highest BCUT2D eigenvalue weighted by Crippen LogP contribution is 2.25. The van der Waals surface area contributed by atoms with Crippen molar-refractivity contribution >= 4 is 23.2 Å². The predicted octanol–water partition coefficient (Wildman–Crippen LogP) is 5.19. The average Bonchev–Trinajstić information content (AvgIpc) is 3.26. The smallest absolute Gasteiger partial charge is 0.271 e. The number of aromatic nitrogens is 2. The van der Waals surface area contributed by atoms with Gasteiger partial charge in [-0.2, -0.15) is 0 Å². The lowest BCUT2D eigenvalue weighted by molar-refractivity contribution is 0.0904. The number of fused-ring (bicyclic) bond motifs is 1. The molecule has 7 heteroatoms. The van der Waals surface area contributed by atoms with E-state index in [9.17, 15) is 9.18 Å². The van der Waals surface area contributed by atoms with E-state index >= 15 is 0 Å². The zero-order chi connectivity index (χ0) is 22.8. The number of nitrogens with zero attached hydrogens (tertiary/aromatic N) is 3. The highest BCUT2D eigenvalue weighted by Gasteiger charge is 2.22. The Balaban J connectivity index is 1.22. The number of halogens is 2. The van der Waals surface area contributed by atoms with Gasteiger partial charge in [-0.05, 0) is 53.8 Å². The lowest BCUT2D eigenvalue weighted by Gasteiger charge is -2.32. The van der Waals surface area contributed by atoms with E-state index in [2.05, 4.69) is 39.5 Å². The maximum absolute atomic E-state index is 13.5. The standard InChI is InChI=1S/C26H24ClFN4O/c27-22-14-19(6-8-23(22)28)20-7-9-25-30-24(17-32(25)16-20)26(33)29-21-10-12-31(13-11-21)15-18-4-2-1-3-5-18/h1-9,14,16-17,21H,10-13,15H2,(H,29,33). The molecule has 0 aliphatic carbocycles. The summed E-state index contributed by atoms with van der Waals surface area (Å²) in [4.78, 5) is 19.7. The van der Waals surface area contributed by atoms with Gasteiger partial charge in [0.2, 0.25) is 0 Å². The number of hydrogen-bond acceptors (Lipinski definition) is 3. The first-order valence-corrected chi connectivity index (χ1v) is 11.4. The Morgan fingerprint density at radius 3 is 2.55 bits per heavy atom. The molecule has 0 saturated carbocycles. The van der Waals surface area contributed by atoms with Crippen LogP contribution in [0.2, 0.25) is 5.02 Å². The first-order valence-electron chi connectivity index (χ1n) is 11.1. The first-order chi connectivity index (χ1) is 16.0. The number of rotatable bonds is 5. The fraction of sp³-hybridized carbons (Fsp3) is 0.231. The normalized spacial score (nSPS) is 15.1. The Bertz CT molecular complexity index is 1280. The Labute approximate surface area is 196 Å². The molecule has 1 aliphatic heterocycles. The highest BCUT2D eigenvalue weighted by molar-refractivity contribution is 6.31. The van der Waals surface area contributed by atoms with Crippen molar-refractivity contribution < 1.29 is 9.18 Å². The van der Waals surface area contributed by atoms with Crippen LogP contribution in [0.25, 0.3) is 16.8 Å². The SMILES string of the molecule is O=C(NC1CCN(Cc2ccccc2)CC1)c1cn2cc(-c3ccc(F)c(Cl)c3)ccc2n1. The van der Waals surface area contributed by atoms with Crippen LogP contribution in [0.4, 0.5) is 4.39 Å². The molecule has 5 rings (SSSR count). The second-order valence-electron chi connectivity index (χ2n) is 8.45. The Hall–Kier alpha value is -3.22. The minimum atomic E-state index is -0.450. The quantitative estimate of drug-likeness (QED) is 0.444. The summed E-state index contributed by atoms with van der Waals surface area (Å²) in [5.41, 5.74) is 4.03. The maximum Gasteiger partial charge on any atom is 0.271 e. The molecule has 0 spiro atoms. The predicted molar refractivity (Wildman–Crippen MR) is 128 cm³/mol. The Kier molecular flexibility index (Phi) is 6.11. The summed E-state index contributed by atoms with van der Waals surface area (Å²) in [6, 6.07) is 18.9. The third kappa shape index (κ3) is 4.92. The van der Waals surface area contributed by atoms with E-state index in [1.165, 1.54) is 11.6 Å². The molecule has 3 heterocycles. The molecule has 33 heavy (non-hydrogen) atoms. The number of piperidine rings is 1. The number of benzene rings is 2. The minimum Gasteiger partial charge on any atom is -0.348 e. The molecule has 1 saturated heterocycles. The monoisotopic (exact) mass is 462 g/mol. The largest absolute Gasteiger partial charge is 0.348 e. The van der Waals surface area contributed by atoms with Gasteiger partial charge in [-0.1, -0.05) is 48.0 Å². The van der Waals surface area contributed by atoms with E-state index in [1.54, 1.807) is 18.3 Å². The number of hydrogen-bond donors (Lipinski definition) is 1. The summed E-state index contributed by atoms with van der Waals surface area (Å²) < 4.78 is 15.3. The number of likely N-dealkylation sites (tertiary alicyclic amines) is 1. The van der Waals surface area contributed by atoms with Crippen molar-refractivity contribution in [1.82, 2.24) is 19.6 Å². The van der Waals surface area contributed by atoms with E-state index in [0.29, 0.717) is 11.3 Å². The topological polar surface area (TPSA) is 49.6 Å². The lowest BCUT2D eigenvalue weighted by Crippen LogP contribution is -2.44. The third-order valence-electron chi connectivity index (χ3n) is 6.11. The zero-order valence-electron chi connectivity index (χ0n) is 18.0. The van der Waals surface area contributed by atoms with Gasteiger partial charge in [-0.15, -0.1) is 0 Å². The van der Waals surface area contributed by atoms with Crippen molar-refractivity contribution in [1.29, 1.82) is 0 Å². The van der Waals surface area contributed by atoms with Crippen molar-refractivity contribution in [2.45, 2.75) is 25.4 Å². The molecule has 5 nitrogen and oxygen atoms in total. The van der Waals surface area contributed by atoms with Gasteiger partial charge in [0, 0.05) is 38.1 Å². The minimum absolute atomic E-state index is 0.0770. The Morgan fingerprint density at radius 1 is 1.03 bits per heavy atom. The molecule has 0 atom stereocenters. The van der Waals surface area contributed by atoms with Gasteiger partial charge in [0.1, 0.15) is 17.2 Å². The first kappa shape index (κ1) is 21.6. The van der Waals surface area contributed by atoms with Crippen LogP contribution in [0.1, 0.15) is 28.9 Å². The molecule has 0 radical (unpaired) electrons. The molecule has 168 valence electrons. The van der Waals surface area contributed by atoms with Crippen LogP contribution in [0, 0.1) is 5.82 Å². The summed E-state index contributed by atoms with van der Waals surface area (Å²) >= 11 is 5.92. The second-order valence-corrected chi connectivity index (χ2v) is 8.85. The number of pyridine rings is 1. The van der Waals surface area contributed by atoms with Crippen molar-refractivity contribution in [2.75, 3.05) is 13.1 Å². The number of nitrogens with one attached hydrogen (secondary N) is 1. The van der Waals surface area contributed by atoms with Crippen molar-refractivity contribution in [3.8, 4) is 11.1 Å². The van der Waals surface area contributed by atoms with Gasteiger partial charge in [-0.25, -0.2) is 9.37 Å². The number of imidazole rings is 1. The molecule has 4 aromatic rings. The molecule has 2 aromatic heterocycles. The lowest BCUT2D eigenvalue weighted by atomic mass is 10.0. The van der Waals surface area contributed by atoms with Gasteiger partial charge in [0.05, 0.1) is 5.02 Å². The van der Waals surface area contributed by atoms with Crippen LogP contribution in [0.5, 0.6) is 0 Å².